The zero-order chi connectivity index (χ0) is 19.8. The molecule has 6 heteroatoms. The van der Waals surface area contributed by atoms with Crippen LogP contribution in [0.15, 0.2) is 53.0 Å². The van der Waals surface area contributed by atoms with Crippen molar-refractivity contribution in [2.75, 3.05) is 6.61 Å². The van der Waals surface area contributed by atoms with Gasteiger partial charge in [-0.25, -0.2) is 0 Å². The summed E-state index contributed by atoms with van der Waals surface area (Å²) in [5.41, 5.74) is 1.77. The molecule has 0 saturated heterocycles. The quantitative estimate of drug-likeness (QED) is 0.594. The maximum absolute atomic E-state index is 12.5. The van der Waals surface area contributed by atoms with Gasteiger partial charge in [0.1, 0.15) is 5.75 Å². The van der Waals surface area contributed by atoms with Gasteiger partial charge in [0.2, 0.25) is 0 Å². The van der Waals surface area contributed by atoms with E-state index in [1.807, 2.05) is 24.3 Å². The van der Waals surface area contributed by atoms with Crippen molar-refractivity contribution < 1.29 is 9.53 Å². The Kier molecular flexibility index (Phi) is 7.86. The molecule has 1 amide bonds. The van der Waals surface area contributed by atoms with E-state index in [-0.39, 0.29) is 5.91 Å². The van der Waals surface area contributed by atoms with E-state index in [4.69, 9.17) is 17.0 Å². The van der Waals surface area contributed by atoms with E-state index >= 15 is 0 Å². The highest BCUT2D eigenvalue weighted by Gasteiger charge is 2.16. The van der Waals surface area contributed by atoms with Crippen LogP contribution in [0.3, 0.4) is 0 Å². The van der Waals surface area contributed by atoms with Crippen molar-refractivity contribution in [3.63, 3.8) is 0 Å². The average molecular weight is 461 g/mol. The van der Waals surface area contributed by atoms with Gasteiger partial charge >= 0.3 is 0 Å². The molecule has 0 radical (unpaired) electrons. The summed E-state index contributed by atoms with van der Waals surface area (Å²) in [6.45, 7) is 0.573. The zero-order valence-corrected chi connectivity index (χ0v) is 18.2. The molecule has 2 N–H and O–H groups in total. The lowest BCUT2D eigenvalue weighted by Gasteiger charge is -2.24. The molecule has 1 saturated carbocycles. The lowest BCUT2D eigenvalue weighted by atomic mass is 9.96. The van der Waals surface area contributed by atoms with Crippen LogP contribution in [0, 0.1) is 0 Å². The maximum Gasteiger partial charge on any atom is 0.257 e. The summed E-state index contributed by atoms with van der Waals surface area (Å²) in [5.74, 6) is 0.500. The van der Waals surface area contributed by atoms with Crippen LogP contribution in [0.25, 0.3) is 0 Å². The highest BCUT2D eigenvalue weighted by atomic mass is 79.9. The summed E-state index contributed by atoms with van der Waals surface area (Å²) in [6.07, 6.45) is 6.76. The molecule has 0 aliphatic heterocycles. The second-order valence-corrected chi connectivity index (χ2v) is 8.25. The Labute approximate surface area is 180 Å². The molecule has 0 atom stereocenters. The molecular formula is C22H25BrN2O2S. The predicted octanol–water partition coefficient (Wildman–Crippen LogP) is 5.01. The Morgan fingerprint density at radius 3 is 2.57 bits per heavy atom. The van der Waals surface area contributed by atoms with Gasteiger partial charge in [0.15, 0.2) is 5.11 Å². The second kappa shape index (κ2) is 10.6. The van der Waals surface area contributed by atoms with Crippen LogP contribution in [0.1, 0.15) is 48.0 Å². The molecule has 0 spiro atoms. The highest BCUT2D eigenvalue weighted by molar-refractivity contribution is 9.10. The fraction of sp³-hybridized carbons (Fsp3) is 0.364. The molecule has 1 fully saturated rings. The van der Waals surface area contributed by atoms with Gasteiger partial charge in [-0.1, -0.05) is 49.6 Å². The van der Waals surface area contributed by atoms with Crippen LogP contribution in [0.4, 0.5) is 0 Å². The van der Waals surface area contributed by atoms with Crippen molar-refractivity contribution in [3.05, 3.63) is 64.1 Å². The SMILES string of the molecule is O=C(NC(=S)NC1CCCCC1)c1ccc(OCCc2ccccc2)c(Br)c1. The lowest BCUT2D eigenvalue weighted by Crippen LogP contribution is -2.45. The van der Waals surface area contributed by atoms with Crippen molar-refractivity contribution in [2.24, 2.45) is 0 Å². The zero-order valence-electron chi connectivity index (χ0n) is 15.7. The number of thiocarbonyl (C=S) groups is 1. The normalized spacial score (nSPS) is 14.3. The van der Waals surface area contributed by atoms with E-state index in [0.29, 0.717) is 23.3 Å². The van der Waals surface area contributed by atoms with Crippen molar-refractivity contribution >= 4 is 39.2 Å². The third kappa shape index (κ3) is 6.31. The van der Waals surface area contributed by atoms with E-state index in [9.17, 15) is 4.79 Å². The molecule has 2 aromatic rings. The molecule has 1 aliphatic carbocycles. The van der Waals surface area contributed by atoms with Gasteiger partial charge in [-0.3, -0.25) is 10.1 Å². The van der Waals surface area contributed by atoms with Crippen LogP contribution in [-0.2, 0) is 6.42 Å². The first kappa shape index (κ1) is 20.8. The molecule has 2 aromatic carbocycles. The summed E-state index contributed by atoms with van der Waals surface area (Å²) in [4.78, 5) is 12.5. The van der Waals surface area contributed by atoms with Crippen LogP contribution in [0.5, 0.6) is 5.75 Å². The van der Waals surface area contributed by atoms with E-state index in [2.05, 4.69) is 38.7 Å². The Morgan fingerprint density at radius 2 is 1.86 bits per heavy atom. The maximum atomic E-state index is 12.5. The fourth-order valence-corrected chi connectivity index (χ4v) is 4.08. The van der Waals surface area contributed by atoms with Gasteiger partial charge in [0.25, 0.3) is 5.91 Å². The number of halogens is 1. The number of hydrogen-bond acceptors (Lipinski definition) is 3. The molecular weight excluding hydrogens is 436 g/mol. The first-order valence-corrected chi connectivity index (χ1v) is 10.9. The summed E-state index contributed by atoms with van der Waals surface area (Å²) in [7, 11) is 0. The number of hydrogen-bond donors (Lipinski definition) is 2. The highest BCUT2D eigenvalue weighted by Crippen LogP contribution is 2.26. The molecule has 3 rings (SSSR count). The third-order valence-corrected chi connectivity index (χ3v) is 5.69. The van der Waals surface area contributed by atoms with Crippen molar-refractivity contribution in [1.29, 1.82) is 0 Å². The minimum absolute atomic E-state index is 0.218. The summed E-state index contributed by atoms with van der Waals surface area (Å²) in [5, 5.41) is 6.43. The number of rotatable bonds is 6. The summed E-state index contributed by atoms with van der Waals surface area (Å²) in [6, 6.07) is 15.9. The van der Waals surface area contributed by atoms with E-state index in [1.54, 1.807) is 12.1 Å². The topological polar surface area (TPSA) is 50.4 Å². The van der Waals surface area contributed by atoms with Crippen molar-refractivity contribution in [1.82, 2.24) is 10.6 Å². The summed E-state index contributed by atoms with van der Waals surface area (Å²) >= 11 is 8.79. The molecule has 0 bridgehead atoms. The second-order valence-electron chi connectivity index (χ2n) is 6.99. The van der Waals surface area contributed by atoms with Crippen LogP contribution in [-0.4, -0.2) is 23.7 Å². The van der Waals surface area contributed by atoms with Gasteiger partial charge in [-0.15, -0.1) is 0 Å². The van der Waals surface area contributed by atoms with Gasteiger partial charge in [0, 0.05) is 18.0 Å². The molecule has 28 heavy (non-hydrogen) atoms. The van der Waals surface area contributed by atoms with Crippen LogP contribution >= 0.6 is 28.1 Å². The monoisotopic (exact) mass is 460 g/mol. The van der Waals surface area contributed by atoms with Crippen molar-refractivity contribution in [2.45, 2.75) is 44.6 Å². The molecule has 0 unspecified atom stereocenters. The standard InChI is InChI=1S/C22H25BrN2O2S/c23-19-15-17(21(26)25-22(28)24-18-9-5-2-6-10-18)11-12-20(19)27-14-13-16-7-3-1-4-8-16/h1,3-4,7-8,11-12,15,18H,2,5-6,9-10,13-14H2,(H2,24,25,26,28). The van der Waals surface area contributed by atoms with Gasteiger partial charge in [-0.2, -0.15) is 0 Å². The third-order valence-electron chi connectivity index (χ3n) is 4.85. The molecule has 4 nitrogen and oxygen atoms in total. The van der Waals surface area contributed by atoms with E-state index in [0.717, 1.165) is 29.5 Å². The largest absolute Gasteiger partial charge is 0.492 e. The Bertz CT molecular complexity index is 807. The minimum atomic E-state index is -0.218. The van der Waals surface area contributed by atoms with Gasteiger partial charge in [0.05, 0.1) is 11.1 Å². The first-order chi connectivity index (χ1) is 13.6. The number of ether oxygens (including phenoxy) is 1. The Hall–Kier alpha value is -1.92. The van der Waals surface area contributed by atoms with E-state index in [1.165, 1.54) is 24.8 Å². The first-order valence-electron chi connectivity index (χ1n) is 9.70. The Balaban J connectivity index is 1.49. The van der Waals surface area contributed by atoms with Gasteiger partial charge in [-0.05, 0) is 64.8 Å². The molecule has 0 aromatic heterocycles. The number of nitrogens with one attached hydrogen (secondary N) is 2. The minimum Gasteiger partial charge on any atom is -0.492 e. The van der Waals surface area contributed by atoms with E-state index < -0.39 is 0 Å². The lowest BCUT2D eigenvalue weighted by molar-refractivity contribution is 0.0976. The summed E-state index contributed by atoms with van der Waals surface area (Å²) < 4.78 is 6.59. The predicted molar refractivity (Wildman–Crippen MR) is 120 cm³/mol. The molecule has 148 valence electrons. The van der Waals surface area contributed by atoms with Crippen molar-refractivity contribution in [3.8, 4) is 5.75 Å². The average Bonchev–Trinajstić information content (AvgIpc) is 2.70. The van der Waals surface area contributed by atoms with Gasteiger partial charge < -0.3 is 10.1 Å². The number of benzene rings is 2. The van der Waals surface area contributed by atoms with Crippen LogP contribution in [0.2, 0.25) is 0 Å². The molecule has 0 heterocycles. The van der Waals surface area contributed by atoms with Crippen LogP contribution < -0.4 is 15.4 Å². The number of carbonyl (C=O) groups is 1. The number of amides is 1. The Morgan fingerprint density at radius 1 is 1.11 bits per heavy atom. The number of carbonyl (C=O) groups excluding carboxylic acids is 1. The fourth-order valence-electron chi connectivity index (χ4n) is 3.33. The molecule has 1 aliphatic rings. The smallest absolute Gasteiger partial charge is 0.257 e.